The molecule has 1 saturated heterocycles. The SMILES string of the molecule is CCCO[C@](C)(C(=O)Nc1ccc(OCCCN2CCCC[C@@H]2C)cc1)C1CC1. The van der Waals surface area contributed by atoms with Crippen molar-refractivity contribution in [3.05, 3.63) is 24.3 Å². The molecule has 1 aliphatic heterocycles. The molecule has 2 fully saturated rings. The van der Waals surface area contributed by atoms with Crippen LogP contribution in [0.2, 0.25) is 0 Å². The van der Waals surface area contributed by atoms with E-state index >= 15 is 0 Å². The molecular weight excluding hydrogens is 364 g/mol. The zero-order chi connectivity index (χ0) is 20.7. The van der Waals surface area contributed by atoms with Gasteiger partial charge in [-0.05, 0) is 89.1 Å². The molecule has 1 aromatic carbocycles. The van der Waals surface area contributed by atoms with E-state index in [1.165, 1.54) is 25.8 Å². The number of anilines is 1. The second-order valence-electron chi connectivity index (χ2n) is 8.79. The number of likely N-dealkylation sites (tertiary alicyclic amines) is 1. The van der Waals surface area contributed by atoms with Crippen LogP contribution in [0.1, 0.15) is 65.7 Å². The first-order valence-electron chi connectivity index (χ1n) is 11.4. The highest BCUT2D eigenvalue weighted by Crippen LogP contribution is 2.42. The van der Waals surface area contributed by atoms with Gasteiger partial charge in [-0.1, -0.05) is 13.3 Å². The van der Waals surface area contributed by atoms with Crippen LogP contribution < -0.4 is 10.1 Å². The van der Waals surface area contributed by atoms with Crippen molar-refractivity contribution < 1.29 is 14.3 Å². The lowest BCUT2D eigenvalue weighted by atomic mass is 9.98. The first-order chi connectivity index (χ1) is 14.0. The molecule has 2 aliphatic rings. The molecule has 5 heteroatoms. The first kappa shape index (κ1) is 22.1. The summed E-state index contributed by atoms with van der Waals surface area (Å²) < 4.78 is 11.8. The van der Waals surface area contributed by atoms with Gasteiger partial charge in [-0.3, -0.25) is 4.79 Å². The van der Waals surface area contributed by atoms with Crippen LogP contribution in [-0.2, 0) is 9.53 Å². The van der Waals surface area contributed by atoms with E-state index in [1.54, 1.807) is 0 Å². The number of benzene rings is 1. The molecule has 0 unspecified atom stereocenters. The monoisotopic (exact) mass is 402 g/mol. The minimum atomic E-state index is -0.725. The fourth-order valence-electron chi connectivity index (χ4n) is 4.15. The van der Waals surface area contributed by atoms with Gasteiger partial charge in [-0.15, -0.1) is 0 Å². The predicted molar refractivity (Wildman–Crippen MR) is 117 cm³/mol. The van der Waals surface area contributed by atoms with Gasteiger partial charge in [-0.2, -0.15) is 0 Å². The summed E-state index contributed by atoms with van der Waals surface area (Å²) in [5.74, 6) is 1.14. The minimum Gasteiger partial charge on any atom is -0.494 e. The van der Waals surface area contributed by atoms with Gasteiger partial charge in [-0.25, -0.2) is 0 Å². The third-order valence-electron chi connectivity index (χ3n) is 6.32. The Morgan fingerprint density at radius 2 is 1.93 bits per heavy atom. The van der Waals surface area contributed by atoms with Crippen molar-refractivity contribution in [3.8, 4) is 5.75 Å². The number of hydrogen-bond donors (Lipinski definition) is 1. The third-order valence-corrected chi connectivity index (χ3v) is 6.32. The fourth-order valence-corrected chi connectivity index (χ4v) is 4.15. The highest BCUT2D eigenvalue weighted by molar-refractivity contribution is 5.97. The standard InChI is InChI=1S/C24H38N2O3/c1-4-17-29-24(3,20-9-10-20)23(27)25-21-11-13-22(14-12-21)28-18-7-16-26-15-6-5-8-19(26)2/h11-14,19-20H,4-10,15-18H2,1-3H3,(H,25,27)/t19-,24-/m0/s1. The maximum Gasteiger partial charge on any atom is 0.256 e. The molecule has 2 atom stereocenters. The zero-order valence-corrected chi connectivity index (χ0v) is 18.4. The van der Waals surface area contributed by atoms with Crippen LogP contribution in [0.4, 0.5) is 5.69 Å². The maximum absolute atomic E-state index is 12.8. The van der Waals surface area contributed by atoms with Crippen molar-refractivity contribution in [2.45, 2.75) is 77.4 Å². The van der Waals surface area contributed by atoms with E-state index < -0.39 is 5.60 Å². The van der Waals surface area contributed by atoms with Gasteiger partial charge in [0, 0.05) is 24.9 Å². The Morgan fingerprint density at radius 1 is 1.17 bits per heavy atom. The molecule has 0 bridgehead atoms. The van der Waals surface area contributed by atoms with Crippen LogP contribution in [0.25, 0.3) is 0 Å². The van der Waals surface area contributed by atoms with Gasteiger partial charge in [0.15, 0.2) is 0 Å². The van der Waals surface area contributed by atoms with E-state index in [1.807, 2.05) is 31.2 Å². The van der Waals surface area contributed by atoms with E-state index in [2.05, 4.69) is 24.1 Å². The molecule has 0 radical (unpaired) electrons. The number of hydrogen-bond acceptors (Lipinski definition) is 4. The topological polar surface area (TPSA) is 50.8 Å². The summed E-state index contributed by atoms with van der Waals surface area (Å²) in [7, 11) is 0. The number of amides is 1. The van der Waals surface area contributed by atoms with Crippen LogP contribution in [0.15, 0.2) is 24.3 Å². The molecule has 1 heterocycles. The lowest BCUT2D eigenvalue weighted by Crippen LogP contribution is -2.45. The lowest BCUT2D eigenvalue weighted by molar-refractivity contribution is -0.142. The van der Waals surface area contributed by atoms with Crippen molar-refractivity contribution in [2.75, 3.05) is 31.6 Å². The summed E-state index contributed by atoms with van der Waals surface area (Å²) in [5, 5.41) is 3.03. The van der Waals surface area contributed by atoms with E-state index in [-0.39, 0.29) is 5.91 Å². The molecule has 29 heavy (non-hydrogen) atoms. The van der Waals surface area contributed by atoms with Crippen molar-refractivity contribution in [1.29, 1.82) is 0 Å². The first-order valence-corrected chi connectivity index (χ1v) is 11.4. The quantitative estimate of drug-likeness (QED) is 0.537. The third kappa shape index (κ3) is 6.19. The second kappa shape index (κ2) is 10.4. The Labute approximate surface area is 176 Å². The van der Waals surface area contributed by atoms with Gasteiger partial charge < -0.3 is 19.7 Å². The maximum atomic E-state index is 12.8. The van der Waals surface area contributed by atoms with Gasteiger partial charge in [0.05, 0.1) is 6.61 Å². The average molecular weight is 403 g/mol. The molecule has 3 rings (SSSR count). The van der Waals surface area contributed by atoms with Crippen molar-refractivity contribution >= 4 is 11.6 Å². The Balaban J connectivity index is 1.43. The van der Waals surface area contributed by atoms with E-state index in [9.17, 15) is 4.79 Å². The highest BCUT2D eigenvalue weighted by Gasteiger charge is 2.48. The molecule has 1 saturated carbocycles. The van der Waals surface area contributed by atoms with Crippen molar-refractivity contribution in [2.24, 2.45) is 5.92 Å². The van der Waals surface area contributed by atoms with Gasteiger partial charge >= 0.3 is 0 Å². The summed E-state index contributed by atoms with van der Waals surface area (Å²) in [4.78, 5) is 15.4. The number of nitrogens with zero attached hydrogens (tertiary/aromatic N) is 1. The summed E-state index contributed by atoms with van der Waals surface area (Å²) >= 11 is 0. The van der Waals surface area contributed by atoms with Gasteiger partial charge in [0.1, 0.15) is 11.4 Å². The summed E-state index contributed by atoms with van der Waals surface area (Å²) in [6.07, 6.45) is 8.09. The normalized spacial score (nSPS) is 22.1. The molecule has 162 valence electrons. The Kier molecular flexibility index (Phi) is 7.96. The lowest BCUT2D eigenvalue weighted by Gasteiger charge is -2.33. The molecule has 1 N–H and O–H groups in total. The van der Waals surface area contributed by atoms with Crippen LogP contribution in [0.3, 0.4) is 0 Å². The molecule has 1 amide bonds. The Hall–Kier alpha value is -1.59. The molecule has 0 aromatic heterocycles. The molecule has 1 aliphatic carbocycles. The number of rotatable bonds is 11. The van der Waals surface area contributed by atoms with Crippen LogP contribution in [0, 0.1) is 5.92 Å². The highest BCUT2D eigenvalue weighted by atomic mass is 16.5. The predicted octanol–water partition coefficient (Wildman–Crippen LogP) is 4.86. The average Bonchev–Trinajstić information content (AvgIpc) is 3.57. The molecule has 5 nitrogen and oxygen atoms in total. The fraction of sp³-hybridized carbons (Fsp3) is 0.708. The van der Waals surface area contributed by atoms with E-state index in [0.717, 1.165) is 50.3 Å². The Bertz CT molecular complexity index is 644. The summed E-state index contributed by atoms with van der Waals surface area (Å²) in [6.45, 7) is 9.98. The number of nitrogens with one attached hydrogen (secondary N) is 1. The zero-order valence-electron chi connectivity index (χ0n) is 18.4. The number of carbonyl (C=O) groups excluding carboxylic acids is 1. The molecular formula is C24H38N2O3. The van der Waals surface area contributed by atoms with Crippen molar-refractivity contribution in [3.63, 3.8) is 0 Å². The van der Waals surface area contributed by atoms with Crippen LogP contribution in [0.5, 0.6) is 5.75 Å². The minimum absolute atomic E-state index is 0.0437. The Morgan fingerprint density at radius 3 is 2.59 bits per heavy atom. The van der Waals surface area contributed by atoms with Gasteiger partial charge in [0.2, 0.25) is 0 Å². The van der Waals surface area contributed by atoms with Gasteiger partial charge in [0.25, 0.3) is 5.91 Å². The van der Waals surface area contributed by atoms with Crippen LogP contribution >= 0.6 is 0 Å². The second-order valence-corrected chi connectivity index (χ2v) is 8.79. The summed E-state index contributed by atoms with van der Waals surface area (Å²) in [6, 6.07) is 8.38. The number of ether oxygens (including phenoxy) is 2. The number of piperidine rings is 1. The van der Waals surface area contributed by atoms with E-state index in [0.29, 0.717) is 18.6 Å². The summed E-state index contributed by atoms with van der Waals surface area (Å²) in [5.41, 5.74) is 0.0630. The van der Waals surface area contributed by atoms with Crippen molar-refractivity contribution in [1.82, 2.24) is 4.90 Å². The largest absolute Gasteiger partial charge is 0.494 e. The molecule has 0 spiro atoms. The number of carbonyl (C=O) groups is 1. The smallest absolute Gasteiger partial charge is 0.256 e. The van der Waals surface area contributed by atoms with E-state index in [4.69, 9.17) is 9.47 Å². The molecule has 1 aromatic rings. The van der Waals surface area contributed by atoms with Crippen LogP contribution in [-0.4, -0.2) is 48.8 Å².